The number of hydrogen-bond donors (Lipinski definition) is 2. The van der Waals surface area contributed by atoms with Gasteiger partial charge in [0.25, 0.3) is 0 Å². The first-order valence-corrected chi connectivity index (χ1v) is 14.2. The maximum absolute atomic E-state index is 12.9. The minimum Gasteiger partial charge on any atom is -0.445 e. The van der Waals surface area contributed by atoms with E-state index in [2.05, 4.69) is 15.0 Å². The lowest BCUT2D eigenvalue weighted by atomic mass is 10.1. The molecule has 2 aliphatic rings. The van der Waals surface area contributed by atoms with Gasteiger partial charge >= 0.3 is 6.09 Å². The molecular weight excluding hydrogens is 500 g/mol. The van der Waals surface area contributed by atoms with Gasteiger partial charge in [0.2, 0.25) is 15.9 Å². The lowest BCUT2D eigenvalue weighted by Gasteiger charge is -2.22. The number of benzene rings is 2. The Morgan fingerprint density at radius 2 is 1.81 bits per heavy atom. The maximum Gasteiger partial charge on any atom is 0.410 e. The van der Waals surface area contributed by atoms with Crippen LogP contribution in [-0.2, 0) is 26.2 Å². The molecule has 2 N–H and O–H groups in total. The molecule has 2 aromatic carbocycles. The molecule has 1 aliphatic carbocycles. The average Bonchev–Trinajstić information content (AvgIpc) is 3.46. The molecule has 1 aliphatic heterocycles. The van der Waals surface area contributed by atoms with Crippen LogP contribution in [0.4, 0.5) is 15.6 Å². The van der Waals surface area contributed by atoms with E-state index in [9.17, 15) is 18.0 Å². The molecule has 9 nitrogen and oxygen atoms in total. The molecule has 1 saturated carbocycles. The van der Waals surface area contributed by atoms with Crippen LogP contribution in [0, 0.1) is 0 Å². The third-order valence-corrected chi connectivity index (χ3v) is 8.76. The second-order valence-electron chi connectivity index (χ2n) is 8.84. The van der Waals surface area contributed by atoms with E-state index < -0.39 is 22.2 Å². The highest BCUT2D eigenvalue weighted by molar-refractivity contribution is 7.93. The Hall–Kier alpha value is -3.44. The zero-order valence-corrected chi connectivity index (χ0v) is 21.1. The third kappa shape index (κ3) is 5.68. The van der Waals surface area contributed by atoms with Crippen molar-refractivity contribution in [3.05, 3.63) is 65.5 Å². The molecular formula is C25H26N4O5S2. The zero-order chi connectivity index (χ0) is 25.1. The fraction of sp³-hybridized carbons (Fsp3) is 0.320. The van der Waals surface area contributed by atoms with Gasteiger partial charge in [0, 0.05) is 23.2 Å². The molecule has 5 rings (SSSR count). The first-order valence-electron chi connectivity index (χ1n) is 11.7. The Labute approximate surface area is 213 Å². The highest BCUT2D eigenvalue weighted by Gasteiger charge is 2.36. The van der Waals surface area contributed by atoms with E-state index in [1.807, 2.05) is 35.7 Å². The summed E-state index contributed by atoms with van der Waals surface area (Å²) in [6, 6.07) is 15.8. The van der Waals surface area contributed by atoms with Gasteiger partial charge in [-0.25, -0.2) is 18.2 Å². The molecule has 0 spiro atoms. The zero-order valence-electron chi connectivity index (χ0n) is 19.4. The summed E-state index contributed by atoms with van der Waals surface area (Å²) in [5.41, 5.74) is 2.86. The lowest BCUT2D eigenvalue weighted by molar-refractivity contribution is -0.120. The number of carbonyl (C=O) groups excluding carboxylic acids is 2. The van der Waals surface area contributed by atoms with Gasteiger partial charge in [-0.15, -0.1) is 11.3 Å². The molecule has 188 valence electrons. The van der Waals surface area contributed by atoms with Gasteiger partial charge in [-0.05, 0) is 43.4 Å². The highest BCUT2D eigenvalue weighted by Crippen LogP contribution is 2.31. The topological polar surface area (TPSA) is 118 Å². The number of hydrogen-bond acceptors (Lipinski definition) is 7. The van der Waals surface area contributed by atoms with E-state index >= 15 is 0 Å². The summed E-state index contributed by atoms with van der Waals surface area (Å²) < 4.78 is 32.2. The Balaban J connectivity index is 1.17. The largest absolute Gasteiger partial charge is 0.445 e. The van der Waals surface area contributed by atoms with Crippen LogP contribution in [0.1, 0.15) is 31.2 Å². The predicted octanol–water partition coefficient (Wildman–Crippen LogP) is 4.45. The molecule has 2 amide bonds. The van der Waals surface area contributed by atoms with Crippen LogP contribution in [-0.4, -0.2) is 48.1 Å². The second kappa shape index (κ2) is 10.3. The minimum atomic E-state index is -3.31. The maximum atomic E-state index is 12.9. The Morgan fingerprint density at radius 3 is 2.53 bits per heavy atom. The SMILES string of the molecule is O=C(Nc1nc(-c2ccc(NS(=O)(=O)C3CC3)cc2)cs1)C1CCCN1C(=O)OCc1ccccc1. The first-order chi connectivity index (χ1) is 17.4. The van der Waals surface area contributed by atoms with E-state index in [4.69, 9.17) is 4.74 Å². The number of carbonyl (C=O) groups is 2. The molecule has 1 unspecified atom stereocenters. The van der Waals surface area contributed by atoms with Crippen molar-refractivity contribution in [3.8, 4) is 11.3 Å². The number of amides is 2. The van der Waals surface area contributed by atoms with Gasteiger partial charge in [0.15, 0.2) is 5.13 Å². The van der Waals surface area contributed by atoms with Crippen LogP contribution < -0.4 is 10.0 Å². The summed E-state index contributed by atoms with van der Waals surface area (Å²) in [4.78, 5) is 31.5. The minimum absolute atomic E-state index is 0.154. The molecule has 2 fully saturated rings. The number of thiazole rings is 1. The van der Waals surface area contributed by atoms with Crippen molar-refractivity contribution in [1.82, 2.24) is 9.88 Å². The molecule has 1 saturated heterocycles. The van der Waals surface area contributed by atoms with Gasteiger partial charge in [0.1, 0.15) is 12.6 Å². The van der Waals surface area contributed by atoms with E-state index in [0.29, 0.717) is 42.3 Å². The van der Waals surface area contributed by atoms with Crippen LogP contribution in [0.15, 0.2) is 60.0 Å². The third-order valence-electron chi connectivity index (χ3n) is 6.13. The quantitative estimate of drug-likeness (QED) is 0.448. The van der Waals surface area contributed by atoms with E-state index in [-0.39, 0.29) is 17.8 Å². The number of aromatic nitrogens is 1. The van der Waals surface area contributed by atoms with E-state index in [1.54, 1.807) is 24.3 Å². The van der Waals surface area contributed by atoms with Crippen molar-refractivity contribution < 1.29 is 22.7 Å². The van der Waals surface area contributed by atoms with Crippen LogP contribution in [0.5, 0.6) is 0 Å². The standard InChI is InChI=1S/C25H26N4O5S2/c30-23(22-7-4-14-29(22)25(31)34-15-17-5-2-1-3-6-17)27-24-26-21(16-35-24)18-8-10-19(11-9-18)28-36(32,33)20-12-13-20/h1-3,5-6,8-11,16,20,22,28H,4,7,12-15H2,(H,26,27,30). The molecule has 1 aromatic heterocycles. The molecule has 1 atom stereocenters. The van der Waals surface area contributed by atoms with Gasteiger partial charge in [0.05, 0.1) is 10.9 Å². The number of ether oxygens (including phenoxy) is 1. The molecule has 0 bridgehead atoms. The number of anilines is 2. The van der Waals surface area contributed by atoms with Crippen LogP contribution in [0.3, 0.4) is 0 Å². The molecule has 0 radical (unpaired) electrons. The van der Waals surface area contributed by atoms with E-state index in [0.717, 1.165) is 17.5 Å². The summed E-state index contributed by atoms with van der Waals surface area (Å²) in [5, 5.41) is 4.78. The summed E-state index contributed by atoms with van der Waals surface area (Å²) in [7, 11) is -3.31. The number of nitrogens with zero attached hydrogens (tertiary/aromatic N) is 2. The summed E-state index contributed by atoms with van der Waals surface area (Å²) in [6.45, 7) is 0.618. The predicted molar refractivity (Wildman–Crippen MR) is 138 cm³/mol. The number of sulfonamides is 1. The van der Waals surface area contributed by atoms with Crippen LogP contribution >= 0.6 is 11.3 Å². The summed E-state index contributed by atoms with van der Waals surface area (Å²) >= 11 is 1.29. The molecule has 36 heavy (non-hydrogen) atoms. The summed E-state index contributed by atoms with van der Waals surface area (Å²) in [5.74, 6) is -0.296. The van der Waals surface area contributed by atoms with Gasteiger partial charge in [-0.3, -0.25) is 14.4 Å². The van der Waals surface area contributed by atoms with Crippen molar-refractivity contribution in [2.75, 3.05) is 16.6 Å². The fourth-order valence-electron chi connectivity index (χ4n) is 4.05. The molecule has 2 heterocycles. The molecule has 3 aromatic rings. The van der Waals surface area contributed by atoms with Crippen molar-refractivity contribution in [2.24, 2.45) is 0 Å². The Bertz CT molecular complexity index is 1340. The van der Waals surface area contributed by atoms with Crippen molar-refractivity contribution in [2.45, 2.75) is 43.6 Å². The number of likely N-dealkylation sites (tertiary alicyclic amines) is 1. The van der Waals surface area contributed by atoms with Gasteiger partial charge in [-0.1, -0.05) is 42.5 Å². The number of rotatable bonds is 8. The van der Waals surface area contributed by atoms with Crippen molar-refractivity contribution >= 4 is 44.2 Å². The van der Waals surface area contributed by atoms with Gasteiger partial charge in [-0.2, -0.15) is 0 Å². The molecule has 11 heteroatoms. The average molecular weight is 527 g/mol. The normalized spacial score (nSPS) is 17.6. The van der Waals surface area contributed by atoms with Gasteiger partial charge < -0.3 is 10.1 Å². The monoisotopic (exact) mass is 526 g/mol. The smallest absolute Gasteiger partial charge is 0.410 e. The first kappa shape index (κ1) is 24.3. The van der Waals surface area contributed by atoms with Crippen molar-refractivity contribution in [1.29, 1.82) is 0 Å². The van der Waals surface area contributed by atoms with E-state index in [1.165, 1.54) is 16.2 Å². The van der Waals surface area contributed by atoms with Crippen molar-refractivity contribution in [3.63, 3.8) is 0 Å². The fourth-order valence-corrected chi connectivity index (χ4v) is 6.16. The second-order valence-corrected chi connectivity index (χ2v) is 11.7. The Morgan fingerprint density at radius 1 is 1.06 bits per heavy atom. The highest BCUT2D eigenvalue weighted by atomic mass is 32.2. The Kier molecular flexibility index (Phi) is 6.92. The number of nitrogens with one attached hydrogen (secondary N) is 2. The lowest BCUT2D eigenvalue weighted by Crippen LogP contribution is -2.43. The summed E-state index contributed by atoms with van der Waals surface area (Å²) in [6.07, 6.45) is 2.18. The van der Waals surface area contributed by atoms with Crippen LogP contribution in [0.25, 0.3) is 11.3 Å². The van der Waals surface area contributed by atoms with Crippen LogP contribution in [0.2, 0.25) is 0 Å².